The molecule has 0 spiro atoms. The first-order valence-electron chi connectivity index (χ1n) is 6.69. The summed E-state index contributed by atoms with van der Waals surface area (Å²) >= 11 is 0. The highest BCUT2D eigenvalue weighted by atomic mass is 19.4. The molecule has 2 aromatic rings. The molecule has 21 heavy (non-hydrogen) atoms. The number of nitrogens with one attached hydrogen (secondary N) is 1. The van der Waals surface area contributed by atoms with Crippen molar-refractivity contribution in [1.82, 2.24) is 5.48 Å². The molecule has 0 radical (unpaired) electrons. The molecule has 0 aromatic heterocycles. The molecule has 1 atom stereocenters. The Balaban J connectivity index is 1.88. The minimum atomic E-state index is -4.30. The van der Waals surface area contributed by atoms with E-state index in [9.17, 15) is 13.2 Å². The van der Waals surface area contributed by atoms with Gasteiger partial charge in [0, 0.05) is 0 Å². The van der Waals surface area contributed by atoms with Gasteiger partial charge in [-0.2, -0.15) is 18.7 Å². The van der Waals surface area contributed by atoms with Crippen LogP contribution in [0.5, 0.6) is 0 Å². The lowest BCUT2D eigenvalue weighted by Crippen LogP contribution is -2.11. The molecule has 0 amide bonds. The summed E-state index contributed by atoms with van der Waals surface area (Å²) in [6, 6.07) is 13.1. The molecule has 1 aliphatic rings. The van der Waals surface area contributed by atoms with E-state index in [-0.39, 0.29) is 6.04 Å². The van der Waals surface area contributed by atoms with E-state index in [1.165, 1.54) is 12.1 Å². The Labute approximate surface area is 120 Å². The smallest absolute Gasteiger partial charge is 0.301 e. The molecular weight excluding hydrogens is 279 g/mol. The first-order chi connectivity index (χ1) is 10.0. The lowest BCUT2D eigenvalue weighted by Gasteiger charge is -2.12. The van der Waals surface area contributed by atoms with Crippen molar-refractivity contribution in [3.05, 3.63) is 59.7 Å². The van der Waals surface area contributed by atoms with Gasteiger partial charge in [-0.15, -0.1) is 0 Å². The SMILES string of the molecule is FC(F)(F)c1ccc(-c2cccc([C@H]3CCON3)c2)cc1. The summed E-state index contributed by atoms with van der Waals surface area (Å²) in [4.78, 5) is 5.14. The molecule has 2 nitrogen and oxygen atoms in total. The largest absolute Gasteiger partial charge is 0.416 e. The van der Waals surface area contributed by atoms with Gasteiger partial charge >= 0.3 is 6.18 Å². The van der Waals surface area contributed by atoms with Gasteiger partial charge in [-0.25, -0.2) is 0 Å². The third-order valence-electron chi connectivity index (χ3n) is 3.57. The van der Waals surface area contributed by atoms with E-state index in [1.54, 1.807) is 0 Å². The number of hydrogen-bond acceptors (Lipinski definition) is 2. The molecular formula is C16H14F3NO. The summed E-state index contributed by atoms with van der Waals surface area (Å²) in [6.07, 6.45) is -3.41. The fourth-order valence-corrected chi connectivity index (χ4v) is 2.42. The van der Waals surface area contributed by atoms with Crippen molar-refractivity contribution in [1.29, 1.82) is 0 Å². The van der Waals surface area contributed by atoms with Crippen LogP contribution in [-0.2, 0) is 11.0 Å². The number of rotatable bonds is 2. The maximum Gasteiger partial charge on any atom is 0.416 e. The fourth-order valence-electron chi connectivity index (χ4n) is 2.42. The number of hydroxylamine groups is 1. The number of hydrogen-bond donors (Lipinski definition) is 1. The molecule has 0 aliphatic carbocycles. The molecule has 2 aromatic carbocycles. The van der Waals surface area contributed by atoms with Crippen LogP contribution in [0.3, 0.4) is 0 Å². The average molecular weight is 293 g/mol. The Hall–Kier alpha value is -1.85. The molecule has 110 valence electrons. The van der Waals surface area contributed by atoms with Crippen LogP contribution in [0.15, 0.2) is 48.5 Å². The zero-order valence-electron chi connectivity index (χ0n) is 11.2. The molecule has 1 fully saturated rings. The second-order valence-corrected chi connectivity index (χ2v) is 5.01. The van der Waals surface area contributed by atoms with E-state index >= 15 is 0 Å². The lowest BCUT2D eigenvalue weighted by molar-refractivity contribution is -0.137. The number of benzene rings is 2. The van der Waals surface area contributed by atoms with Crippen molar-refractivity contribution >= 4 is 0 Å². The summed E-state index contributed by atoms with van der Waals surface area (Å²) < 4.78 is 37.7. The van der Waals surface area contributed by atoms with Gasteiger partial charge in [-0.3, -0.25) is 0 Å². The van der Waals surface area contributed by atoms with Gasteiger partial charge in [0.1, 0.15) is 0 Å². The topological polar surface area (TPSA) is 21.3 Å². The summed E-state index contributed by atoms with van der Waals surface area (Å²) in [5.74, 6) is 0. The highest BCUT2D eigenvalue weighted by Gasteiger charge is 2.30. The molecule has 1 heterocycles. The van der Waals surface area contributed by atoms with Crippen molar-refractivity contribution in [2.75, 3.05) is 6.61 Å². The van der Waals surface area contributed by atoms with Crippen LogP contribution >= 0.6 is 0 Å². The Morgan fingerprint density at radius 3 is 2.38 bits per heavy atom. The van der Waals surface area contributed by atoms with Gasteiger partial charge in [0.2, 0.25) is 0 Å². The molecule has 0 bridgehead atoms. The highest BCUT2D eigenvalue weighted by Crippen LogP contribution is 2.32. The molecule has 0 unspecified atom stereocenters. The van der Waals surface area contributed by atoms with E-state index in [1.807, 2.05) is 24.3 Å². The minimum absolute atomic E-state index is 0.138. The van der Waals surface area contributed by atoms with Crippen molar-refractivity contribution in [3.63, 3.8) is 0 Å². The van der Waals surface area contributed by atoms with Crippen LogP contribution in [-0.4, -0.2) is 6.61 Å². The summed E-state index contributed by atoms with van der Waals surface area (Å²) in [5, 5.41) is 0. The Kier molecular flexibility index (Phi) is 3.69. The fraction of sp³-hybridized carbons (Fsp3) is 0.250. The van der Waals surface area contributed by atoms with E-state index in [4.69, 9.17) is 4.84 Å². The Morgan fingerprint density at radius 2 is 1.76 bits per heavy atom. The Bertz CT molecular complexity index is 616. The minimum Gasteiger partial charge on any atom is -0.301 e. The summed E-state index contributed by atoms with van der Waals surface area (Å²) in [6.45, 7) is 0.662. The summed E-state index contributed by atoms with van der Waals surface area (Å²) in [7, 11) is 0. The van der Waals surface area contributed by atoms with Gasteiger partial charge in [0.25, 0.3) is 0 Å². The second kappa shape index (κ2) is 5.50. The zero-order valence-corrected chi connectivity index (χ0v) is 11.2. The van der Waals surface area contributed by atoms with E-state index in [2.05, 4.69) is 5.48 Å². The third-order valence-corrected chi connectivity index (χ3v) is 3.57. The van der Waals surface area contributed by atoms with Crippen LogP contribution in [0.1, 0.15) is 23.6 Å². The van der Waals surface area contributed by atoms with Crippen LogP contribution in [0, 0.1) is 0 Å². The average Bonchev–Trinajstić information content (AvgIpc) is 3.01. The van der Waals surface area contributed by atoms with Crippen LogP contribution in [0.2, 0.25) is 0 Å². The van der Waals surface area contributed by atoms with Crippen molar-refractivity contribution < 1.29 is 18.0 Å². The molecule has 1 N–H and O–H groups in total. The molecule has 3 rings (SSSR count). The third kappa shape index (κ3) is 3.09. The molecule has 1 aliphatic heterocycles. The summed E-state index contributed by atoms with van der Waals surface area (Å²) in [5.41, 5.74) is 5.04. The van der Waals surface area contributed by atoms with Gasteiger partial charge in [0.15, 0.2) is 0 Å². The monoisotopic (exact) mass is 293 g/mol. The highest BCUT2D eigenvalue weighted by molar-refractivity contribution is 5.64. The molecule has 0 saturated carbocycles. The van der Waals surface area contributed by atoms with Crippen molar-refractivity contribution in [3.8, 4) is 11.1 Å². The maximum atomic E-state index is 12.6. The lowest BCUT2D eigenvalue weighted by atomic mass is 9.98. The Morgan fingerprint density at radius 1 is 1.00 bits per heavy atom. The zero-order chi connectivity index (χ0) is 14.9. The maximum absolute atomic E-state index is 12.6. The first-order valence-corrected chi connectivity index (χ1v) is 6.69. The van der Waals surface area contributed by atoms with Crippen LogP contribution < -0.4 is 5.48 Å². The predicted octanol–water partition coefficient (Wildman–Crippen LogP) is 4.34. The van der Waals surface area contributed by atoms with E-state index < -0.39 is 11.7 Å². The van der Waals surface area contributed by atoms with Gasteiger partial charge in [-0.1, -0.05) is 30.3 Å². The van der Waals surface area contributed by atoms with Crippen molar-refractivity contribution in [2.24, 2.45) is 0 Å². The second-order valence-electron chi connectivity index (χ2n) is 5.01. The predicted molar refractivity (Wildman–Crippen MR) is 73.3 cm³/mol. The van der Waals surface area contributed by atoms with E-state index in [0.717, 1.165) is 35.2 Å². The number of alkyl halides is 3. The quantitative estimate of drug-likeness (QED) is 0.889. The van der Waals surface area contributed by atoms with Crippen LogP contribution in [0.25, 0.3) is 11.1 Å². The first kappa shape index (κ1) is 14.1. The standard InChI is InChI=1S/C16H14F3NO/c17-16(18,19)14-6-4-11(5-7-14)12-2-1-3-13(10-12)15-8-9-21-20-15/h1-7,10,15,20H,8-9H2/t15-/m1/s1. The van der Waals surface area contributed by atoms with Gasteiger partial charge in [-0.05, 0) is 41.3 Å². The molecule has 5 heteroatoms. The van der Waals surface area contributed by atoms with Gasteiger partial charge in [0.05, 0.1) is 18.2 Å². The van der Waals surface area contributed by atoms with Crippen LogP contribution in [0.4, 0.5) is 13.2 Å². The normalized spacial score (nSPS) is 18.9. The molecule has 1 saturated heterocycles. The number of halogens is 3. The van der Waals surface area contributed by atoms with Crippen molar-refractivity contribution in [2.45, 2.75) is 18.6 Å². The van der Waals surface area contributed by atoms with Gasteiger partial charge < -0.3 is 4.84 Å². The van der Waals surface area contributed by atoms with E-state index in [0.29, 0.717) is 6.61 Å².